The SMILES string of the molecule is CCn1cnc2c(Cl)c(Cl)c(Cl)c(Cl)c21. The van der Waals surface area contributed by atoms with E-state index in [-0.39, 0.29) is 10.0 Å². The van der Waals surface area contributed by atoms with Gasteiger partial charge in [-0.05, 0) is 6.92 Å². The Kier molecular flexibility index (Phi) is 3.04. The molecule has 0 bridgehead atoms. The highest BCUT2D eigenvalue weighted by molar-refractivity contribution is 6.54. The van der Waals surface area contributed by atoms with E-state index in [4.69, 9.17) is 46.4 Å². The van der Waals surface area contributed by atoms with E-state index in [2.05, 4.69) is 4.98 Å². The third kappa shape index (κ3) is 1.60. The second-order valence-electron chi connectivity index (χ2n) is 2.98. The maximum absolute atomic E-state index is 6.09. The fourth-order valence-electron chi connectivity index (χ4n) is 1.41. The Morgan fingerprint density at radius 2 is 1.67 bits per heavy atom. The van der Waals surface area contributed by atoms with E-state index in [1.54, 1.807) is 6.33 Å². The molecule has 0 fully saturated rings. The molecule has 1 aromatic carbocycles. The molecule has 80 valence electrons. The van der Waals surface area contributed by atoms with Gasteiger partial charge in [-0.2, -0.15) is 0 Å². The van der Waals surface area contributed by atoms with Crippen molar-refractivity contribution in [3.63, 3.8) is 0 Å². The summed E-state index contributed by atoms with van der Waals surface area (Å²) >= 11 is 24.0. The summed E-state index contributed by atoms with van der Waals surface area (Å²) in [5.74, 6) is 0. The molecular weight excluding hydrogens is 278 g/mol. The number of imidazole rings is 1. The second-order valence-corrected chi connectivity index (χ2v) is 4.50. The molecule has 0 amide bonds. The molecule has 1 heterocycles. The summed E-state index contributed by atoms with van der Waals surface area (Å²) in [5, 5.41) is 1.25. The fraction of sp³-hybridized carbons (Fsp3) is 0.222. The van der Waals surface area contributed by atoms with Crippen molar-refractivity contribution in [1.82, 2.24) is 9.55 Å². The van der Waals surface area contributed by atoms with Crippen LogP contribution in [0.2, 0.25) is 20.1 Å². The van der Waals surface area contributed by atoms with Gasteiger partial charge in [0, 0.05) is 6.54 Å². The molecule has 0 spiro atoms. The molecule has 0 aliphatic carbocycles. The highest BCUT2D eigenvalue weighted by Crippen LogP contribution is 2.42. The van der Waals surface area contributed by atoms with Crippen molar-refractivity contribution in [2.24, 2.45) is 0 Å². The molecule has 1 aromatic heterocycles. The van der Waals surface area contributed by atoms with Crippen LogP contribution in [-0.2, 0) is 6.54 Å². The Balaban J connectivity index is 2.97. The second kappa shape index (κ2) is 4.02. The lowest BCUT2D eigenvalue weighted by Crippen LogP contribution is -1.92. The number of benzene rings is 1. The number of nitrogens with zero attached hydrogens (tertiary/aromatic N) is 2. The highest BCUT2D eigenvalue weighted by Gasteiger charge is 2.18. The van der Waals surface area contributed by atoms with Crippen LogP contribution in [0.3, 0.4) is 0 Å². The number of aromatic nitrogens is 2. The molecule has 0 unspecified atom stereocenters. The lowest BCUT2D eigenvalue weighted by molar-refractivity contribution is 0.787. The monoisotopic (exact) mass is 282 g/mol. The van der Waals surface area contributed by atoms with Crippen LogP contribution in [-0.4, -0.2) is 9.55 Å². The van der Waals surface area contributed by atoms with Crippen molar-refractivity contribution in [3.05, 3.63) is 26.4 Å². The molecule has 0 aliphatic rings. The minimum atomic E-state index is 0.247. The van der Waals surface area contributed by atoms with Crippen LogP contribution < -0.4 is 0 Å². The number of hydrogen-bond donors (Lipinski definition) is 0. The quantitative estimate of drug-likeness (QED) is 0.549. The Labute approximate surface area is 107 Å². The molecule has 0 N–H and O–H groups in total. The molecule has 2 nitrogen and oxygen atoms in total. The Hall–Kier alpha value is -0.150. The van der Waals surface area contributed by atoms with Gasteiger partial charge in [-0.15, -0.1) is 0 Å². The van der Waals surface area contributed by atoms with E-state index in [1.165, 1.54) is 0 Å². The number of fused-ring (bicyclic) bond motifs is 1. The summed E-state index contributed by atoms with van der Waals surface area (Å²) in [6.07, 6.45) is 1.66. The van der Waals surface area contributed by atoms with Gasteiger partial charge in [0.1, 0.15) is 5.52 Å². The van der Waals surface area contributed by atoms with Gasteiger partial charge < -0.3 is 4.57 Å². The summed E-state index contributed by atoms with van der Waals surface area (Å²) in [4.78, 5) is 4.16. The van der Waals surface area contributed by atoms with Crippen molar-refractivity contribution < 1.29 is 0 Å². The van der Waals surface area contributed by atoms with E-state index in [1.807, 2.05) is 11.5 Å². The summed E-state index contributed by atoms with van der Waals surface area (Å²) in [6, 6.07) is 0. The zero-order valence-corrected chi connectivity index (χ0v) is 10.7. The van der Waals surface area contributed by atoms with Crippen LogP contribution in [0.4, 0.5) is 0 Å². The number of halogens is 4. The largest absolute Gasteiger partial charge is 0.330 e. The van der Waals surface area contributed by atoms with Gasteiger partial charge in [0.25, 0.3) is 0 Å². The lowest BCUT2D eigenvalue weighted by atomic mass is 10.3. The molecule has 2 rings (SSSR count). The Bertz CT molecular complexity index is 533. The van der Waals surface area contributed by atoms with E-state index in [0.29, 0.717) is 15.6 Å². The van der Waals surface area contributed by atoms with Gasteiger partial charge in [-0.1, -0.05) is 46.4 Å². The maximum atomic E-state index is 6.09. The number of rotatable bonds is 1. The zero-order chi connectivity index (χ0) is 11.2. The van der Waals surface area contributed by atoms with Gasteiger partial charge in [-0.25, -0.2) is 4.98 Å². The Morgan fingerprint density at radius 1 is 1.07 bits per heavy atom. The maximum Gasteiger partial charge on any atom is 0.110 e. The molecule has 6 heteroatoms. The highest BCUT2D eigenvalue weighted by atomic mass is 35.5. The van der Waals surface area contributed by atoms with E-state index >= 15 is 0 Å². The van der Waals surface area contributed by atoms with Crippen molar-refractivity contribution >= 4 is 57.4 Å². The first kappa shape index (κ1) is 11.3. The minimum Gasteiger partial charge on any atom is -0.330 e. The van der Waals surface area contributed by atoms with Gasteiger partial charge in [0.05, 0.1) is 31.9 Å². The van der Waals surface area contributed by atoms with Crippen LogP contribution in [0.15, 0.2) is 6.33 Å². The molecular formula is C9H6Cl4N2. The zero-order valence-electron chi connectivity index (χ0n) is 7.69. The van der Waals surface area contributed by atoms with Crippen LogP contribution in [0.25, 0.3) is 11.0 Å². The number of hydrogen-bond acceptors (Lipinski definition) is 1. The van der Waals surface area contributed by atoms with Crippen LogP contribution >= 0.6 is 46.4 Å². The first-order valence-corrected chi connectivity index (χ1v) is 5.75. The lowest BCUT2D eigenvalue weighted by Gasteiger charge is -2.06. The minimum absolute atomic E-state index is 0.247. The molecule has 0 atom stereocenters. The van der Waals surface area contributed by atoms with Gasteiger partial charge in [0.2, 0.25) is 0 Å². The average molecular weight is 284 g/mol. The van der Waals surface area contributed by atoms with Gasteiger partial charge in [-0.3, -0.25) is 0 Å². The standard InChI is InChI=1S/C9H6Cl4N2/c1-2-15-3-14-8-6(12)4(10)5(11)7(13)9(8)15/h3H,2H2,1H3. The van der Waals surface area contributed by atoms with Crippen LogP contribution in [0.1, 0.15) is 6.92 Å². The third-order valence-corrected chi connectivity index (χ3v) is 3.95. The van der Waals surface area contributed by atoms with E-state index < -0.39 is 0 Å². The van der Waals surface area contributed by atoms with Crippen molar-refractivity contribution in [2.45, 2.75) is 13.5 Å². The predicted octanol–water partition coefficient (Wildman–Crippen LogP) is 4.67. The normalized spacial score (nSPS) is 11.3. The topological polar surface area (TPSA) is 17.8 Å². The van der Waals surface area contributed by atoms with Gasteiger partial charge >= 0.3 is 0 Å². The van der Waals surface area contributed by atoms with E-state index in [9.17, 15) is 0 Å². The predicted molar refractivity (Wildman–Crippen MR) is 65.4 cm³/mol. The summed E-state index contributed by atoms with van der Waals surface area (Å²) in [7, 11) is 0. The van der Waals surface area contributed by atoms with Crippen LogP contribution in [0, 0.1) is 0 Å². The number of aryl methyl sites for hydroxylation is 1. The molecule has 0 radical (unpaired) electrons. The molecule has 0 saturated carbocycles. The van der Waals surface area contributed by atoms with Crippen molar-refractivity contribution in [3.8, 4) is 0 Å². The van der Waals surface area contributed by atoms with E-state index in [0.717, 1.165) is 12.1 Å². The molecule has 15 heavy (non-hydrogen) atoms. The molecule has 0 saturated heterocycles. The fourth-order valence-corrected chi connectivity index (χ4v) is 2.40. The molecule has 2 aromatic rings. The average Bonchev–Trinajstić information content (AvgIpc) is 2.67. The summed E-state index contributed by atoms with van der Waals surface area (Å²) < 4.78 is 1.87. The van der Waals surface area contributed by atoms with Crippen LogP contribution in [0.5, 0.6) is 0 Å². The summed E-state index contributed by atoms with van der Waals surface area (Å²) in [5.41, 5.74) is 1.30. The first-order valence-electron chi connectivity index (χ1n) is 4.24. The molecule has 0 aliphatic heterocycles. The van der Waals surface area contributed by atoms with Crippen molar-refractivity contribution in [2.75, 3.05) is 0 Å². The summed E-state index contributed by atoms with van der Waals surface area (Å²) in [6.45, 7) is 2.72. The van der Waals surface area contributed by atoms with Gasteiger partial charge in [0.15, 0.2) is 0 Å². The van der Waals surface area contributed by atoms with Crippen molar-refractivity contribution in [1.29, 1.82) is 0 Å². The first-order chi connectivity index (χ1) is 7.07. The Morgan fingerprint density at radius 3 is 2.27 bits per heavy atom. The third-order valence-electron chi connectivity index (χ3n) is 2.17. The smallest absolute Gasteiger partial charge is 0.110 e.